The van der Waals surface area contributed by atoms with Crippen molar-refractivity contribution in [2.45, 2.75) is 38.9 Å². The van der Waals surface area contributed by atoms with Crippen molar-refractivity contribution in [3.8, 4) is 17.2 Å². The molecule has 0 spiro atoms. The molecular weight excluding hydrogens is 360 g/mol. The van der Waals surface area contributed by atoms with Gasteiger partial charge in [0.2, 0.25) is 0 Å². The van der Waals surface area contributed by atoms with E-state index in [1.165, 1.54) is 33.1 Å². The zero-order valence-corrected chi connectivity index (χ0v) is 16.4. The molecule has 1 unspecified atom stereocenters. The monoisotopic (exact) mass is 386 g/mol. The number of rotatable bonds is 7. The number of aliphatic hydroxyl groups is 2. The van der Waals surface area contributed by atoms with Crippen LogP contribution in [0.4, 0.5) is 0 Å². The van der Waals surface area contributed by atoms with Crippen molar-refractivity contribution in [1.82, 2.24) is 0 Å². The number of carbonyl (C=O) groups excluding carboxylic acids is 1. The second-order valence-corrected chi connectivity index (χ2v) is 7.28. The number of benzene rings is 2. The number of aliphatic hydroxyl groups excluding tert-OH is 1. The Bertz CT molecular complexity index is 875. The van der Waals surface area contributed by atoms with Crippen LogP contribution in [-0.2, 0) is 6.42 Å². The lowest BCUT2D eigenvalue weighted by Gasteiger charge is -2.25. The van der Waals surface area contributed by atoms with Gasteiger partial charge in [0.05, 0.1) is 18.8 Å². The quantitative estimate of drug-likeness (QED) is 0.430. The van der Waals surface area contributed by atoms with Crippen LogP contribution in [0.2, 0.25) is 0 Å². The van der Waals surface area contributed by atoms with Gasteiger partial charge in [-0.25, -0.2) is 0 Å². The van der Waals surface area contributed by atoms with Gasteiger partial charge in [0.15, 0.2) is 5.78 Å². The average Bonchev–Trinajstić information content (AvgIpc) is 2.62. The number of ketones is 1. The molecule has 150 valence electrons. The van der Waals surface area contributed by atoms with Gasteiger partial charge >= 0.3 is 0 Å². The summed E-state index contributed by atoms with van der Waals surface area (Å²) in [7, 11) is 1.32. The fourth-order valence-corrected chi connectivity index (χ4v) is 2.65. The van der Waals surface area contributed by atoms with E-state index in [0.717, 1.165) is 11.1 Å². The van der Waals surface area contributed by atoms with E-state index >= 15 is 0 Å². The first-order valence-electron chi connectivity index (χ1n) is 8.86. The summed E-state index contributed by atoms with van der Waals surface area (Å²) < 4.78 is 5.14. The van der Waals surface area contributed by atoms with Crippen LogP contribution in [0.3, 0.4) is 0 Å². The van der Waals surface area contributed by atoms with Crippen molar-refractivity contribution >= 4 is 11.9 Å². The topological polar surface area (TPSA) is 107 Å². The molecule has 0 aliphatic carbocycles. The second kappa shape index (κ2) is 8.46. The number of carbonyl (C=O) groups is 1. The van der Waals surface area contributed by atoms with Gasteiger partial charge in [0, 0.05) is 18.1 Å². The third-order valence-corrected chi connectivity index (χ3v) is 4.53. The Labute approximate surface area is 164 Å². The third-order valence-electron chi connectivity index (χ3n) is 4.53. The first-order valence-corrected chi connectivity index (χ1v) is 8.86. The van der Waals surface area contributed by atoms with Crippen molar-refractivity contribution in [3.05, 3.63) is 58.7 Å². The highest BCUT2D eigenvalue weighted by molar-refractivity contribution is 6.11. The van der Waals surface area contributed by atoms with Gasteiger partial charge in [0.25, 0.3) is 0 Å². The first-order chi connectivity index (χ1) is 13.0. The summed E-state index contributed by atoms with van der Waals surface area (Å²) in [6.45, 7) is 4.78. The SMILES string of the molecule is COc1cc(O)c(CC(O)C(C)(C)O)c(O)c1C(=O)C=Cc1ccc(C)cc1. The predicted molar refractivity (Wildman–Crippen MR) is 107 cm³/mol. The van der Waals surface area contributed by atoms with Crippen molar-refractivity contribution in [1.29, 1.82) is 0 Å². The third kappa shape index (κ3) is 4.91. The molecule has 0 saturated heterocycles. The van der Waals surface area contributed by atoms with Gasteiger partial charge < -0.3 is 25.2 Å². The number of hydrogen-bond acceptors (Lipinski definition) is 6. The van der Waals surface area contributed by atoms with Gasteiger partial charge in [-0.15, -0.1) is 0 Å². The Morgan fingerprint density at radius 1 is 1.21 bits per heavy atom. The lowest BCUT2D eigenvalue weighted by Crippen LogP contribution is -2.37. The van der Waals surface area contributed by atoms with Crippen LogP contribution in [0.1, 0.15) is 40.9 Å². The Balaban J connectivity index is 2.42. The van der Waals surface area contributed by atoms with Gasteiger partial charge in [-0.05, 0) is 32.4 Å². The second-order valence-electron chi connectivity index (χ2n) is 7.28. The number of methoxy groups -OCH3 is 1. The van der Waals surface area contributed by atoms with E-state index < -0.39 is 23.2 Å². The molecule has 0 radical (unpaired) electrons. The zero-order chi connectivity index (χ0) is 21.1. The van der Waals surface area contributed by atoms with Crippen LogP contribution in [0, 0.1) is 6.92 Å². The highest BCUT2D eigenvalue weighted by Crippen LogP contribution is 2.39. The van der Waals surface area contributed by atoms with E-state index in [1.54, 1.807) is 6.08 Å². The summed E-state index contributed by atoms with van der Waals surface area (Å²) in [6, 6.07) is 8.76. The van der Waals surface area contributed by atoms with Gasteiger partial charge in [-0.3, -0.25) is 4.79 Å². The van der Waals surface area contributed by atoms with Gasteiger partial charge in [-0.2, -0.15) is 0 Å². The Morgan fingerprint density at radius 2 is 1.82 bits per heavy atom. The molecule has 6 nitrogen and oxygen atoms in total. The maximum atomic E-state index is 12.7. The van der Waals surface area contributed by atoms with Crippen LogP contribution >= 0.6 is 0 Å². The van der Waals surface area contributed by atoms with Crippen LogP contribution in [-0.4, -0.2) is 45.0 Å². The molecule has 2 aromatic rings. The lowest BCUT2D eigenvalue weighted by atomic mass is 9.92. The van der Waals surface area contributed by atoms with E-state index in [4.69, 9.17) is 4.74 Å². The first kappa shape index (κ1) is 21.5. The molecule has 28 heavy (non-hydrogen) atoms. The fraction of sp³-hybridized carbons (Fsp3) is 0.318. The van der Waals surface area contributed by atoms with Crippen molar-refractivity contribution in [2.24, 2.45) is 0 Å². The van der Waals surface area contributed by atoms with E-state index in [0.29, 0.717) is 0 Å². The lowest BCUT2D eigenvalue weighted by molar-refractivity contribution is -0.0473. The number of phenols is 2. The molecule has 0 aliphatic rings. The normalized spacial score (nSPS) is 12.9. The molecule has 6 heteroatoms. The smallest absolute Gasteiger partial charge is 0.193 e. The standard InChI is InChI=1S/C22H26O6/c1-13-5-7-14(8-6-13)9-10-16(23)20-18(28-4)12-17(24)15(21(20)26)11-19(25)22(2,3)27/h5-10,12,19,24-27H,11H2,1-4H3. The molecule has 2 rings (SSSR count). The zero-order valence-electron chi connectivity index (χ0n) is 16.4. The van der Waals surface area contributed by atoms with Crippen molar-refractivity contribution < 1.29 is 30.0 Å². The summed E-state index contributed by atoms with van der Waals surface area (Å²) >= 11 is 0. The molecule has 0 aromatic heterocycles. The summed E-state index contributed by atoms with van der Waals surface area (Å²) in [4.78, 5) is 12.7. The van der Waals surface area contributed by atoms with Crippen LogP contribution in [0.15, 0.2) is 36.4 Å². The molecule has 0 fully saturated rings. The molecule has 0 heterocycles. The van der Waals surface area contributed by atoms with Gasteiger partial charge in [-0.1, -0.05) is 35.9 Å². The fourth-order valence-electron chi connectivity index (χ4n) is 2.65. The molecule has 4 N–H and O–H groups in total. The molecule has 2 aromatic carbocycles. The predicted octanol–water partition coefficient (Wildman–Crippen LogP) is 2.99. The van der Waals surface area contributed by atoms with Crippen LogP contribution in [0.25, 0.3) is 6.08 Å². The minimum Gasteiger partial charge on any atom is -0.507 e. The highest BCUT2D eigenvalue weighted by atomic mass is 16.5. The van der Waals surface area contributed by atoms with E-state index in [-0.39, 0.29) is 29.0 Å². The summed E-state index contributed by atoms with van der Waals surface area (Å²) in [5, 5.41) is 40.8. The highest BCUT2D eigenvalue weighted by Gasteiger charge is 2.29. The summed E-state index contributed by atoms with van der Waals surface area (Å²) in [6.07, 6.45) is 1.41. The number of allylic oxidation sites excluding steroid dienone is 1. The average molecular weight is 386 g/mol. The summed E-state index contributed by atoms with van der Waals surface area (Å²) in [5.41, 5.74) is 0.295. The Hall–Kier alpha value is -2.83. The maximum Gasteiger partial charge on any atom is 0.193 e. The van der Waals surface area contributed by atoms with Crippen LogP contribution < -0.4 is 4.74 Å². The van der Waals surface area contributed by atoms with E-state index in [1.807, 2.05) is 31.2 Å². The molecule has 0 aliphatic heterocycles. The van der Waals surface area contributed by atoms with Crippen LogP contribution in [0.5, 0.6) is 17.2 Å². The van der Waals surface area contributed by atoms with E-state index in [2.05, 4.69) is 0 Å². The molecule has 0 amide bonds. The van der Waals surface area contributed by atoms with E-state index in [9.17, 15) is 25.2 Å². The maximum absolute atomic E-state index is 12.7. The molecule has 0 bridgehead atoms. The van der Waals surface area contributed by atoms with Crippen molar-refractivity contribution in [3.63, 3.8) is 0 Å². The van der Waals surface area contributed by atoms with Gasteiger partial charge in [0.1, 0.15) is 22.8 Å². The number of hydrogen-bond donors (Lipinski definition) is 4. The Kier molecular flexibility index (Phi) is 6.48. The summed E-state index contributed by atoms with van der Waals surface area (Å²) in [5.74, 6) is -1.33. The Morgan fingerprint density at radius 3 is 2.36 bits per heavy atom. The molecule has 1 atom stereocenters. The minimum atomic E-state index is -1.45. The largest absolute Gasteiger partial charge is 0.507 e. The number of phenolic OH excluding ortho intramolecular Hbond substituents is 2. The number of aryl methyl sites for hydroxylation is 1. The number of aromatic hydroxyl groups is 2. The molecule has 0 saturated carbocycles. The van der Waals surface area contributed by atoms with Crippen molar-refractivity contribution in [2.75, 3.05) is 7.11 Å². The minimum absolute atomic E-state index is 0.00931. The molecular formula is C22H26O6. The number of ether oxygens (including phenoxy) is 1.